The summed E-state index contributed by atoms with van der Waals surface area (Å²) >= 11 is 0. The van der Waals surface area contributed by atoms with Gasteiger partial charge in [-0.1, -0.05) is 0 Å². The van der Waals surface area contributed by atoms with Crippen LogP contribution in [0, 0.1) is 5.92 Å². The standard InChI is InChI=1S/C16H20F3N3O3/c1-21(2)13-6-5-11(16(17,18)19)8-12(13)20-15(25)22-7-3-4-10(9-22)14(23)24/h5-6,8,10H,3-4,7,9H2,1-2H3,(H,20,25)(H,23,24). The molecule has 138 valence electrons. The molecule has 2 N–H and O–H groups in total. The fourth-order valence-electron chi connectivity index (χ4n) is 2.76. The van der Waals surface area contributed by atoms with Gasteiger partial charge in [0.2, 0.25) is 0 Å². The Hall–Kier alpha value is -2.45. The maximum Gasteiger partial charge on any atom is 0.416 e. The number of alkyl halides is 3. The van der Waals surface area contributed by atoms with Crippen LogP contribution in [0.2, 0.25) is 0 Å². The lowest BCUT2D eigenvalue weighted by Crippen LogP contribution is -2.44. The Morgan fingerprint density at radius 1 is 1.32 bits per heavy atom. The number of hydrogen-bond donors (Lipinski definition) is 2. The van der Waals surface area contributed by atoms with Crippen molar-refractivity contribution in [3.05, 3.63) is 23.8 Å². The number of hydrogen-bond acceptors (Lipinski definition) is 3. The van der Waals surface area contributed by atoms with Gasteiger partial charge in [-0.05, 0) is 31.0 Å². The number of piperidine rings is 1. The van der Waals surface area contributed by atoms with E-state index in [1.165, 1.54) is 11.0 Å². The van der Waals surface area contributed by atoms with Gasteiger partial charge in [0.15, 0.2) is 0 Å². The average molecular weight is 359 g/mol. The van der Waals surface area contributed by atoms with Gasteiger partial charge in [0.1, 0.15) is 0 Å². The first-order valence-corrected chi connectivity index (χ1v) is 7.77. The molecule has 1 aromatic carbocycles. The first kappa shape index (κ1) is 18.9. The minimum atomic E-state index is -4.52. The van der Waals surface area contributed by atoms with Crippen molar-refractivity contribution in [3.63, 3.8) is 0 Å². The van der Waals surface area contributed by atoms with Gasteiger partial charge in [-0.2, -0.15) is 13.2 Å². The Labute approximate surface area is 143 Å². The summed E-state index contributed by atoms with van der Waals surface area (Å²) in [5.41, 5.74) is -0.411. The van der Waals surface area contributed by atoms with E-state index in [1.54, 1.807) is 19.0 Å². The molecular weight excluding hydrogens is 339 g/mol. The lowest BCUT2D eigenvalue weighted by molar-refractivity contribution is -0.143. The molecule has 0 saturated carbocycles. The molecular formula is C16H20F3N3O3. The Morgan fingerprint density at radius 3 is 2.56 bits per heavy atom. The fraction of sp³-hybridized carbons (Fsp3) is 0.500. The van der Waals surface area contributed by atoms with Crippen LogP contribution in [-0.2, 0) is 11.0 Å². The number of halogens is 3. The van der Waals surface area contributed by atoms with Crippen LogP contribution in [-0.4, -0.2) is 49.2 Å². The first-order chi connectivity index (χ1) is 11.6. The van der Waals surface area contributed by atoms with E-state index in [-0.39, 0.29) is 12.2 Å². The average Bonchev–Trinajstić information content (AvgIpc) is 2.53. The molecule has 1 atom stereocenters. The van der Waals surface area contributed by atoms with Crippen molar-refractivity contribution in [2.75, 3.05) is 37.4 Å². The van der Waals surface area contributed by atoms with E-state index in [0.717, 1.165) is 12.1 Å². The number of carbonyl (C=O) groups excluding carboxylic acids is 1. The van der Waals surface area contributed by atoms with Crippen molar-refractivity contribution in [3.8, 4) is 0 Å². The summed E-state index contributed by atoms with van der Waals surface area (Å²) in [7, 11) is 3.30. The van der Waals surface area contributed by atoms with E-state index in [1.807, 2.05) is 0 Å². The maximum absolute atomic E-state index is 12.9. The van der Waals surface area contributed by atoms with Gasteiger partial charge in [-0.3, -0.25) is 4.79 Å². The topological polar surface area (TPSA) is 72.9 Å². The van der Waals surface area contributed by atoms with Crippen LogP contribution >= 0.6 is 0 Å². The number of benzene rings is 1. The number of carboxylic acid groups (broad SMARTS) is 1. The second-order valence-corrected chi connectivity index (χ2v) is 6.18. The van der Waals surface area contributed by atoms with Crippen molar-refractivity contribution in [1.29, 1.82) is 0 Å². The third-order valence-corrected chi connectivity index (χ3v) is 4.11. The van der Waals surface area contributed by atoms with Crippen molar-refractivity contribution in [2.24, 2.45) is 5.92 Å². The molecule has 2 amide bonds. The first-order valence-electron chi connectivity index (χ1n) is 7.77. The van der Waals surface area contributed by atoms with Gasteiger partial charge in [0, 0.05) is 27.2 Å². The lowest BCUT2D eigenvalue weighted by atomic mass is 9.99. The van der Waals surface area contributed by atoms with Crippen LogP contribution in [0.5, 0.6) is 0 Å². The predicted octanol–water partition coefficient (Wildman–Crippen LogP) is 3.10. The highest BCUT2D eigenvalue weighted by atomic mass is 19.4. The molecule has 1 fully saturated rings. The second kappa shape index (κ2) is 7.20. The van der Waals surface area contributed by atoms with Crippen molar-refractivity contribution in [2.45, 2.75) is 19.0 Å². The Morgan fingerprint density at radius 2 is 2.00 bits per heavy atom. The molecule has 0 radical (unpaired) electrons. The number of aliphatic carboxylic acids is 1. The number of amides is 2. The molecule has 0 aromatic heterocycles. The number of urea groups is 1. The summed E-state index contributed by atoms with van der Waals surface area (Å²) in [4.78, 5) is 26.4. The zero-order valence-corrected chi connectivity index (χ0v) is 13.9. The van der Waals surface area contributed by atoms with Crippen molar-refractivity contribution in [1.82, 2.24) is 4.90 Å². The molecule has 1 aromatic rings. The number of nitrogens with one attached hydrogen (secondary N) is 1. The van der Waals surface area contributed by atoms with Crippen LogP contribution in [0.25, 0.3) is 0 Å². The molecule has 6 nitrogen and oxygen atoms in total. The van der Waals surface area contributed by atoms with Gasteiger partial charge in [0.05, 0.1) is 22.9 Å². The van der Waals surface area contributed by atoms with E-state index < -0.39 is 29.7 Å². The molecule has 0 bridgehead atoms. The molecule has 1 aliphatic heterocycles. The van der Waals surface area contributed by atoms with Crippen LogP contribution in [0.4, 0.5) is 29.3 Å². The smallest absolute Gasteiger partial charge is 0.416 e. The highest BCUT2D eigenvalue weighted by Gasteiger charge is 2.32. The summed E-state index contributed by atoms with van der Waals surface area (Å²) in [5, 5.41) is 11.6. The number of anilines is 2. The fourth-order valence-corrected chi connectivity index (χ4v) is 2.76. The lowest BCUT2D eigenvalue weighted by Gasteiger charge is -2.31. The van der Waals surface area contributed by atoms with Crippen LogP contribution in [0.1, 0.15) is 18.4 Å². The minimum Gasteiger partial charge on any atom is -0.481 e. The largest absolute Gasteiger partial charge is 0.481 e. The monoisotopic (exact) mass is 359 g/mol. The number of nitrogens with zero attached hydrogens (tertiary/aromatic N) is 2. The molecule has 2 rings (SSSR count). The second-order valence-electron chi connectivity index (χ2n) is 6.18. The van der Waals surface area contributed by atoms with E-state index in [9.17, 15) is 22.8 Å². The number of carboxylic acids is 1. The molecule has 0 aliphatic carbocycles. The van der Waals surface area contributed by atoms with E-state index in [0.29, 0.717) is 25.1 Å². The predicted molar refractivity (Wildman–Crippen MR) is 86.7 cm³/mol. The minimum absolute atomic E-state index is 0.0299. The Balaban J connectivity index is 2.22. The number of rotatable bonds is 3. The normalized spacial score (nSPS) is 18.0. The maximum atomic E-state index is 12.9. The number of carbonyl (C=O) groups is 2. The van der Waals surface area contributed by atoms with Gasteiger partial charge >= 0.3 is 18.2 Å². The van der Waals surface area contributed by atoms with E-state index in [4.69, 9.17) is 5.11 Å². The van der Waals surface area contributed by atoms with Crippen LogP contribution in [0.3, 0.4) is 0 Å². The SMILES string of the molecule is CN(C)c1ccc(C(F)(F)F)cc1NC(=O)N1CCCC(C(=O)O)C1. The Kier molecular flexibility index (Phi) is 5.44. The van der Waals surface area contributed by atoms with Crippen LogP contribution < -0.4 is 10.2 Å². The van der Waals surface area contributed by atoms with Gasteiger partial charge in [-0.25, -0.2) is 4.79 Å². The number of likely N-dealkylation sites (tertiary alicyclic amines) is 1. The van der Waals surface area contributed by atoms with Crippen molar-refractivity contribution >= 4 is 23.4 Å². The molecule has 1 unspecified atom stereocenters. The zero-order chi connectivity index (χ0) is 18.8. The quantitative estimate of drug-likeness (QED) is 0.870. The van der Waals surface area contributed by atoms with Crippen molar-refractivity contribution < 1.29 is 27.9 Å². The highest BCUT2D eigenvalue weighted by Crippen LogP contribution is 2.35. The van der Waals surface area contributed by atoms with E-state index in [2.05, 4.69) is 5.32 Å². The molecule has 1 aliphatic rings. The third kappa shape index (κ3) is 4.55. The Bertz CT molecular complexity index is 662. The third-order valence-electron chi connectivity index (χ3n) is 4.11. The molecule has 9 heteroatoms. The molecule has 25 heavy (non-hydrogen) atoms. The van der Waals surface area contributed by atoms with Gasteiger partial charge in [-0.15, -0.1) is 0 Å². The van der Waals surface area contributed by atoms with Gasteiger partial charge < -0.3 is 20.2 Å². The summed E-state index contributed by atoms with van der Waals surface area (Å²) in [6.45, 7) is 0.406. The molecule has 1 heterocycles. The summed E-state index contributed by atoms with van der Waals surface area (Å²) in [6, 6.07) is 2.51. The summed E-state index contributed by atoms with van der Waals surface area (Å²) in [5.74, 6) is -1.64. The zero-order valence-electron chi connectivity index (χ0n) is 13.9. The van der Waals surface area contributed by atoms with E-state index >= 15 is 0 Å². The van der Waals surface area contributed by atoms with Gasteiger partial charge in [0.25, 0.3) is 0 Å². The van der Waals surface area contributed by atoms with Crippen LogP contribution in [0.15, 0.2) is 18.2 Å². The molecule has 1 saturated heterocycles. The summed E-state index contributed by atoms with van der Waals surface area (Å²) < 4.78 is 38.8. The summed E-state index contributed by atoms with van der Waals surface area (Å²) in [6.07, 6.45) is -3.51. The highest BCUT2D eigenvalue weighted by molar-refractivity contribution is 5.93. The molecule has 0 spiro atoms.